The topological polar surface area (TPSA) is 48.5 Å². The van der Waals surface area contributed by atoms with Crippen molar-refractivity contribution in [2.45, 2.75) is 20.3 Å². The fourth-order valence-corrected chi connectivity index (χ4v) is 9.67. The molecule has 1 aliphatic carbocycles. The first-order chi connectivity index (χ1) is 31.5. The van der Waals surface area contributed by atoms with Gasteiger partial charge in [-0.15, -0.1) is 0 Å². The lowest BCUT2D eigenvalue weighted by atomic mass is 9.95. The minimum atomic E-state index is 0.426. The van der Waals surface area contributed by atoms with Gasteiger partial charge in [0, 0.05) is 44.0 Å². The quantitative estimate of drug-likeness (QED) is 0.161. The van der Waals surface area contributed by atoms with Crippen molar-refractivity contribution >= 4 is 49.2 Å². The molecule has 0 saturated heterocycles. The average Bonchev–Trinajstić information content (AvgIpc) is 3.86. The molecule has 11 aromatic rings. The van der Waals surface area contributed by atoms with E-state index in [9.17, 15) is 0 Å². The zero-order valence-electron chi connectivity index (χ0n) is 35.7. The van der Waals surface area contributed by atoms with Gasteiger partial charge in [0.2, 0.25) is 0 Å². The Balaban J connectivity index is 0.910. The van der Waals surface area contributed by atoms with Crippen LogP contribution in [0.1, 0.15) is 24.7 Å². The van der Waals surface area contributed by atoms with E-state index in [4.69, 9.17) is 15.0 Å². The van der Waals surface area contributed by atoms with Gasteiger partial charge in [-0.1, -0.05) is 153 Å². The van der Waals surface area contributed by atoms with E-state index in [0.717, 1.165) is 51.3 Å². The summed E-state index contributed by atoms with van der Waals surface area (Å²) in [5.74, 6) is 2.51. The molecule has 0 spiro atoms. The predicted octanol–water partition coefficient (Wildman–Crippen LogP) is 15.0. The smallest absolute Gasteiger partial charge is 0.164 e. The molecule has 12 rings (SSSR count). The van der Waals surface area contributed by atoms with Crippen molar-refractivity contribution in [3.8, 4) is 56.4 Å². The summed E-state index contributed by atoms with van der Waals surface area (Å²) in [7, 11) is 0. The van der Waals surface area contributed by atoms with E-state index >= 15 is 0 Å². The number of hydrogen-bond acceptors (Lipinski definition) is 3. The van der Waals surface area contributed by atoms with E-state index in [-0.39, 0.29) is 0 Å². The highest BCUT2D eigenvalue weighted by Gasteiger charge is 2.19. The van der Waals surface area contributed by atoms with Gasteiger partial charge in [-0.3, -0.25) is 0 Å². The third kappa shape index (κ3) is 6.44. The van der Waals surface area contributed by atoms with Crippen LogP contribution in [0.5, 0.6) is 0 Å². The second-order valence-corrected chi connectivity index (χ2v) is 17.0. The number of aromatic nitrogens is 5. The summed E-state index contributed by atoms with van der Waals surface area (Å²) in [6, 6.07) is 67.6. The highest BCUT2D eigenvalue weighted by molar-refractivity contribution is 6.12. The second-order valence-electron chi connectivity index (χ2n) is 17.0. The van der Waals surface area contributed by atoms with Crippen LogP contribution >= 0.6 is 0 Å². The van der Waals surface area contributed by atoms with Gasteiger partial charge in [0.05, 0.1) is 22.1 Å². The zero-order chi connectivity index (χ0) is 42.7. The van der Waals surface area contributed by atoms with Crippen LogP contribution in [-0.2, 0) is 0 Å². The lowest BCUT2D eigenvalue weighted by Gasteiger charge is -2.15. The third-order valence-corrected chi connectivity index (χ3v) is 12.8. The molecule has 0 N–H and O–H groups in total. The van der Waals surface area contributed by atoms with Gasteiger partial charge in [0.15, 0.2) is 17.5 Å². The van der Waals surface area contributed by atoms with E-state index in [0.29, 0.717) is 17.6 Å². The molecule has 1 atom stereocenters. The van der Waals surface area contributed by atoms with E-state index in [1.165, 1.54) is 60.5 Å². The van der Waals surface area contributed by atoms with Crippen molar-refractivity contribution in [2.75, 3.05) is 0 Å². The molecule has 5 heteroatoms. The molecular formula is C59H43N5. The summed E-state index contributed by atoms with van der Waals surface area (Å²) < 4.78 is 4.79. The van der Waals surface area contributed by atoms with E-state index in [2.05, 4.69) is 211 Å². The number of fused-ring (bicyclic) bond motifs is 6. The molecule has 0 amide bonds. The fourth-order valence-electron chi connectivity index (χ4n) is 9.67. The molecule has 1 unspecified atom stereocenters. The van der Waals surface area contributed by atoms with Gasteiger partial charge in [-0.2, -0.15) is 0 Å². The minimum absolute atomic E-state index is 0.426. The highest BCUT2D eigenvalue weighted by atomic mass is 15.0. The molecule has 5 nitrogen and oxygen atoms in total. The largest absolute Gasteiger partial charge is 0.309 e. The van der Waals surface area contributed by atoms with E-state index < -0.39 is 0 Å². The van der Waals surface area contributed by atoms with Gasteiger partial charge in [0.25, 0.3) is 0 Å². The average molecular weight is 822 g/mol. The molecule has 0 radical (unpaired) electrons. The maximum atomic E-state index is 5.09. The lowest BCUT2D eigenvalue weighted by molar-refractivity contribution is 0.742. The number of rotatable bonds is 7. The number of nitrogens with zero attached hydrogens (tertiary/aromatic N) is 5. The Labute approximate surface area is 372 Å². The highest BCUT2D eigenvalue weighted by Crippen LogP contribution is 2.39. The summed E-state index contributed by atoms with van der Waals surface area (Å²) in [6.07, 6.45) is 7.38. The standard InChI is InChI=1S/C59H43N5/c1-38-14-12-19-45(34-38)58-60-57(41-16-4-3-5-17-41)61-59(62-58)46-20-13-18-42(35-46)44-29-32-55-50(37-44)48-21-7-10-24-53(48)63(55)47-30-26-40(27-31-47)43-28-33-56-51(36-43)49-22-8-11-25-54(49)64(56)52-23-9-6-15-39(52)2/h3-33,35-38H,34H2,1-2H3. The summed E-state index contributed by atoms with van der Waals surface area (Å²) in [4.78, 5) is 15.1. The predicted molar refractivity (Wildman–Crippen MR) is 266 cm³/mol. The monoisotopic (exact) mass is 821 g/mol. The van der Waals surface area contributed by atoms with Crippen LogP contribution in [0.2, 0.25) is 0 Å². The van der Waals surface area contributed by atoms with Crippen molar-refractivity contribution < 1.29 is 0 Å². The number of para-hydroxylation sites is 3. The maximum absolute atomic E-state index is 5.09. The molecule has 64 heavy (non-hydrogen) atoms. The second kappa shape index (κ2) is 15.3. The molecule has 8 aromatic carbocycles. The van der Waals surface area contributed by atoms with Crippen LogP contribution < -0.4 is 0 Å². The molecule has 3 aromatic heterocycles. The lowest BCUT2D eigenvalue weighted by Crippen LogP contribution is -2.06. The summed E-state index contributed by atoms with van der Waals surface area (Å²) >= 11 is 0. The Bertz CT molecular complexity index is 3660. The van der Waals surface area contributed by atoms with Gasteiger partial charge in [-0.25, -0.2) is 15.0 Å². The van der Waals surface area contributed by atoms with Crippen LogP contribution in [0.25, 0.3) is 106 Å². The van der Waals surface area contributed by atoms with Crippen molar-refractivity contribution in [3.63, 3.8) is 0 Å². The zero-order valence-corrected chi connectivity index (χ0v) is 35.7. The number of allylic oxidation sites excluding steroid dienone is 4. The minimum Gasteiger partial charge on any atom is -0.309 e. The number of hydrogen-bond donors (Lipinski definition) is 0. The van der Waals surface area contributed by atoms with Crippen LogP contribution in [0, 0.1) is 12.8 Å². The van der Waals surface area contributed by atoms with Crippen LogP contribution in [-0.4, -0.2) is 24.1 Å². The maximum Gasteiger partial charge on any atom is 0.164 e. The van der Waals surface area contributed by atoms with Crippen molar-refractivity contribution in [2.24, 2.45) is 5.92 Å². The van der Waals surface area contributed by atoms with Gasteiger partial charge in [-0.05, 0) is 113 Å². The Morgan fingerprint density at radius 2 is 0.953 bits per heavy atom. The molecule has 0 saturated carbocycles. The summed E-state index contributed by atoms with van der Waals surface area (Å²) in [6.45, 7) is 4.41. The number of benzene rings is 8. The molecule has 0 bridgehead atoms. The van der Waals surface area contributed by atoms with Crippen molar-refractivity contribution in [3.05, 3.63) is 218 Å². The Morgan fingerprint density at radius 3 is 1.67 bits per heavy atom. The van der Waals surface area contributed by atoms with Gasteiger partial charge < -0.3 is 9.13 Å². The Hall–Kier alpha value is -8.15. The van der Waals surface area contributed by atoms with Crippen LogP contribution in [0.4, 0.5) is 0 Å². The summed E-state index contributed by atoms with van der Waals surface area (Å²) in [5.41, 5.74) is 16.0. The van der Waals surface area contributed by atoms with Gasteiger partial charge >= 0.3 is 0 Å². The molecule has 0 aliphatic heterocycles. The normalized spacial score (nSPS) is 13.9. The first-order valence-electron chi connectivity index (χ1n) is 22.1. The van der Waals surface area contributed by atoms with E-state index in [1.54, 1.807) is 0 Å². The Kier molecular flexibility index (Phi) is 9.01. The molecule has 304 valence electrons. The molecular weight excluding hydrogens is 779 g/mol. The molecule has 1 aliphatic rings. The Morgan fingerprint density at radius 1 is 0.422 bits per heavy atom. The van der Waals surface area contributed by atoms with E-state index in [1.807, 2.05) is 18.2 Å². The molecule has 0 fully saturated rings. The SMILES string of the molecule is Cc1ccccc1-n1c2ccccc2c2cc(-c3ccc(-n4c5ccccc5c5cc(-c6cccc(-c7nc(C8=CC=CC(C)C8)nc(-c8ccccc8)n7)c6)ccc54)cc3)ccc21. The van der Waals surface area contributed by atoms with Crippen molar-refractivity contribution in [1.29, 1.82) is 0 Å². The van der Waals surface area contributed by atoms with Crippen molar-refractivity contribution in [1.82, 2.24) is 24.1 Å². The third-order valence-electron chi connectivity index (χ3n) is 12.8. The van der Waals surface area contributed by atoms with Crippen LogP contribution in [0.15, 0.2) is 206 Å². The first-order valence-corrected chi connectivity index (χ1v) is 22.1. The first kappa shape index (κ1) is 37.6. The molecule has 3 heterocycles. The van der Waals surface area contributed by atoms with Gasteiger partial charge in [0.1, 0.15) is 0 Å². The number of aryl methyl sites for hydroxylation is 1. The van der Waals surface area contributed by atoms with Crippen LogP contribution in [0.3, 0.4) is 0 Å². The summed E-state index contributed by atoms with van der Waals surface area (Å²) in [5, 5.41) is 4.93. The fraction of sp³-hybridized carbons (Fsp3) is 0.0678.